The molecule has 4 nitrogen and oxygen atoms in total. The maximum absolute atomic E-state index is 12.2. The molecule has 0 aliphatic heterocycles. The minimum Gasteiger partial charge on any atom is -0.396 e. The Morgan fingerprint density at radius 3 is 2.25 bits per heavy atom. The molecule has 0 aromatic heterocycles. The predicted octanol–water partition coefficient (Wildman–Crippen LogP) is 2.27. The minimum atomic E-state index is -0.00302. The Kier molecular flexibility index (Phi) is 3.93. The van der Waals surface area contributed by atoms with Crippen LogP contribution in [0.15, 0.2) is 0 Å². The molecular formula is C16H28N2O2. The van der Waals surface area contributed by atoms with Crippen LogP contribution in [-0.4, -0.2) is 29.8 Å². The Morgan fingerprint density at radius 1 is 1.20 bits per heavy atom. The molecule has 4 aliphatic carbocycles. The zero-order valence-corrected chi connectivity index (χ0v) is 12.5. The molecule has 1 atom stereocenters. The smallest absolute Gasteiger partial charge is 0.315 e. The lowest BCUT2D eigenvalue weighted by Gasteiger charge is -2.56. The van der Waals surface area contributed by atoms with Gasteiger partial charge in [0.2, 0.25) is 0 Å². The molecular weight excluding hydrogens is 252 g/mol. The van der Waals surface area contributed by atoms with Crippen LogP contribution in [0.5, 0.6) is 0 Å². The summed E-state index contributed by atoms with van der Waals surface area (Å²) >= 11 is 0. The van der Waals surface area contributed by atoms with Gasteiger partial charge in [-0.05, 0) is 68.6 Å². The lowest BCUT2D eigenvalue weighted by molar-refractivity contribution is -0.0135. The Hall–Kier alpha value is -0.770. The highest BCUT2D eigenvalue weighted by Gasteiger charge is 2.51. The van der Waals surface area contributed by atoms with Crippen molar-refractivity contribution < 1.29 is 9.90 Å². The van der Waals surface area contributed by atoms with E-state index in [0.717, 1.165) is 24.2 Å². The molecule has 0 spiro atoms. The molecule has 0 aromatic carbocycles. The molecule has 4 fully saturated rings. The van der Waals surface area contributed by atoms with Gasteiger partial charge in [0, 0.05) is 18.7 Å². The van der Waals surface area contributed by atoms with Crippen molar-refractivity contribution in [2.24, 2.45) is 23.7 Å². The van der Waals surface area contributed by atoms with Gasteiger partial charge in [-0.3, -0.25) is 0 Å². The summed E-state index contributed by atoms with van der Waals surface area (Å²) in [5, 5.41) is 15.2. The van der Waals surface area contributed by atoms with E-state index in [0.29, 0.717) is 12.5 Å². The second kappa shape index (κ2) is 5.55. The van der Waals surface area contributed by atoms with Gasteiger partial charge in [0.15, 0.2) is 0 Å². The molecule has 4 saturated carbocycles. The summed E-state index contributed by atoms with van der Waals surface area (Å²) in [5.74, 6) is 2.90. The van der Waals surface area contributed by atoms with E-state index in [1.165, 1.54) is 38.5 Å². The summed E-state index contributed by atoms with van der Waals surface area (Å²) in [5.41, 5.74) is 0.0963. The van der Waals surface area contributed by atoms with Gasteiger partial charge in [-0.2, -0.15) is 0 Å². The van der Waals surface area contributed by atoms with Crippen LogP contribution in [0.4, 0.5) is 4.79 Å². The molecule has 0 radical (unpaired) electrons. The molecule has 4 aliphatic rings. The lowest BCUT2D eigenvalue weighted by atomic mass is 9.53. The van der Waals surface area contributed by atoms with E-state index < -0.39 is 0 Å². The van der Waals surface area contributed by atoms with Crippen LogP contribution in [0.1, 0.15) is 51.9 Å². The van der Waals surface area contributed by atoms with Gasteiger partial charge in [0.25, 0.3) is 0 Å². The molecule has 0 saturated heterocycles. The standard InChI is InChI=1S/C16H28N2O2/c1-11(2-3-19)10-17-15(20)18-16-7-12-4-13(8-16)6-14(5-12)9-16/h11-14,19H,2-10H2,1H3,(H2,17,18,20). The number of aliphatic hydroxyl groups excluding tert-OH is 1. The Labute approximate surface area is 121 Å². The van der Waals surface area contributed by atoms with Gasteiger partial charge < -0.3 is 15.7 Å². The van der Waals surface area contributed by atoms with Crippen molar-refractivity contribution in [1.82, 2.24) is 10.6 Å². The van der Waals surface area contributed by atoms with Crippen LogP contribution in [-0.2, 0) is 0 Å². The topological polar surface area (TPSA) is 61.4 Å². The average Bonchev–Trinajstić information content (AvgIpc) is 2.34. The second-order valence-electron chi connectivity index (χ2n) is 7.65. The van der Waals surface area contributed by atoms with Gasteiger partial charge in [-0.1, -0.05) is 6.92 Å². The van der Waals surface area contributed by atoms with Crippen molar-refractivity contribution in [1.29, 1.82) is 0 Å². The molecule has 4 bridgehead atoms. The molecule has 4 heteroatoms. The molecule has 0 heterocycles. The quantitative estimate of drug-likeness (QED) is 0.723. The lowest BCUT2D eigenvalue weighted by Crippen LogP contribution is -2.61. The monoisotopic (exact) mass is 280 g/mol. The number of aliphatic hydroxyl groups is 1. The first-order valence-electron chi connectivity index (χ1n) is 8.25. The summed E-state index contributed by atoms with van der Waals surface area (Å²) in [6.45, 7) is 2.90. The molecule has 20 heavy (non-hydrogen) atoms. The predicted molar refractivity (Wildman–Crippen MR) is 78.3 cm³/mol. The first kappa shape index (κ1) is 14.2. The van der Waals surface area contributed by atoms with Crippen LogP contribution in [0.25, 0.3) is 0 Å². The Balaban J connectivity index is 1.51. The summed E-state index contributed by atoms with van der Waals surface area (Å²) < 4.78 is 0. The van der Waals surface area contributed by atoms with Crippen LogP contribution in [0.2, 0.25) is 0 Å². The molecule has 114 valence electrons. The second-order valence-corrected chi connectivity index (χ2v) is 7.65. The summed E-state index contributed by atoms with van der Waals surface area (Å²) in [6, 6.07) is -0.00302. The number of rotatable bonds is 5. The van der Waals surface area contributed by atoms with Gasteiger partial charge in [-0.25, -0.2) is 4.79 Å². The van der Waals surface area contributed by atoms with Crippen LogP contribution in [0.3, 0.4) is 0 Å². The Bertz CT molecular complexity index is 334. The van der Waals surface area contributed by atoms with E-state index >= 15 is 0 Å². The molecule has 2 amide bonds. The Morgan fingerprint density at radius 2 is 1.75 bits per heavy atom. The SMILES string of the molecule is CC(CCO)CNC(=O)NC12CC3CC(CC(C3)C1)C2. The average molecular weight is 280 g/mol. The number of carbonyl (C=O) groups is 1. The third kappa shape index (κ3) is 2.95. The van der Waals surface area contributed by atoms with Crippen LogP contribution in [0, 0.1) is 23.7 Å². The van der Waals surface area contributed by atoms with Crippen LogP contribution >= 0.6 is 0 Å². The van der Waals surface area contributed by atoms with Gasteiger partial charge in [0.1, 0.15) is 0 Å². The van der Waals surface area contributed by atoms with Crippen molar-refractivity contribution >= 4 is 6.03 Å². The summed E-state index contributed by atoms with van der Waals surface area (Å²) in [4.78, 5) is 12.2. The summed E-state index contributed by atoms with van der Waals surface area (Å²) in [6.07, 6.45) is 8.52. The number of amides is 2. The first-order chi connectivity index (χ1) is 9.58. The molecule has 4 rings (SSSR count). The van der Waals surface area contributed by atoms with Crippen molar-refractivity contribution in [2.75, 3.05) is 13.2 Å². The maximum Gasteiger partial charge on any atom is 0.315 e. The summed E-state index contributed by atoms with van der Waals surface area (Å²) in [7, 11) is 0. The van der Waals surface area contributed by atoms with Crippen molar-refractivity contribution in [2.45, 2.75) is 57.4 Å². The van der Waals surface area contributed by atoms with Gasteiger partial charge >= 0.3 is 6.03 Å². The number of hydrogen-bond acceptors (Lipinski definition) is 2. The number of carbonyl (C=O) groups excluding carboxylic acids is 1. The van der Waals surface area contributed by atoms with E-state index in [4.69, 9.17) is 5.11 Å². The zero-order chi connectivity index (χ0) is 14.2. The highest BCUT2D eigenvalue weighted by atomic mass is 16.3. The number of hydrogen-bond donors (Lipinski definition) is 3. The van der Waals surface area contributed by atoms with Crippen molar-refractivity contribution in [3.63, 3.8) is 0 Å². The fourth-order valence-corrected chi connectivity index (χ4v) is 5.14. The third-order valence-corrected chi connectivity index (χ3v) is 5.65. The molecule has 3 N–H and O–H groups in total. The van der Waals surface area contributed by atoms with E-state index in [1.807, 2.05) is 0 Å². The minimum absolute atomic E-state index is 0.00302. The number of urea groups is 1. The van der Waals surface area contributed by atoms with E-state index in [2.05, 4.69) is 17.6 Å². The molecule has 1 unspecified atom stereocenters. The van der Waals surface area contributed by atoms with Crippen molar-refractivity contribution in [3.8, 4) is 0 Å². The van der Waals surface area contributed by atoms with Crippen molar-refractivity contribution in [3.05, 3.63) is 0 Å². The number of nitrogens with one attached hydrogen (secondary N) is 2. The van der Waals surface area contributed by atoms with E-state index in [1.54, 1.807) is 0 Å². The normalized spacial score (nSPS) is 39.6. The maximum atomic E-state index is 12.2. The van der Waals surface area contributed by atoms with E-state index in [9.17, 15) is 4.79 Å². The fourth-order valence-electron chi connectivity index (χ4n) is 5.14. The van der Waals surface area contributed by atoms with Gasteiger partial charge in [-0.15, -0.1) is 0 Å². The largest absolute Gasteiger partial charge is 0.396 e. The highest BCUT2D eigenvalue weighted by Crippen LogP contribution is 2.55. The van der Waals surface area contributed by atoms with Gasteiger partial charge in [0.05, 0.1) is 0 Å². The first-order valence-corrected chi connectivity index (χ1v) is 8.25. The molecule has 0 aromatic rings. The van der Waals surface area contributed by atoms with Crippen LogP contribution < -0.4 is 10.6 Å². The highest BCUT2D eigenvalue weighted by molar-refractivity contribution is 5.74. The third-order valence-electron chi connectivity index (χ3n) is 5.65. The zero-order valence-electron chi connectivity index (χ0n) is 12.5. The van der Waals surface area contributed by atoms with E-state index in [-0.39, 0.29) is 18.2 Å². The fraction of sp³-hybridized carbons (Fsp3) is 0.938.